The summed E-state index contributed by atoms with van der Waals surface area (Å²) in [4.78, 5) is 24.9. The Morgan fingerprint density at radius 3 is 2.75 bits per heavy atom. The maximum atomic E-state index is 12.6. The van der Waals surface area contributed by atoms with Crippen molar-refractivity contribution in [2.45, 2.75) is 41.7 Å². The van der Waals surface area contributed by atoms with E-state index in [0.717, 1.165) is 16.9 Å². The first kappa shape index (κ1) is 20.4. The highest BCUT2D eigenvalue weighted by Crippen LogP contribution is 2.36. The Kier molecular flexibility index (Phi) is 6.10. The van der Waals surface area contributed by atoms with Gasteiger partial charge in [0.1, 0.15) is 0 Å². The molecule has 0 saturated heterocycles. The lowest BCUT2D eigenvalue weighted by atomic mass is 10.1. The normalized spacial score (nSPS) is 16.2. The van der Waals surface area contributed by atoms with Gasteiger partial charge >= 0.3 is 0 Å². The zero-order valence-electron chi connectivity index (χ0n) is 15.7. The van der Waals surface area contributed by atoms with Crippen LogP contribution < -0.4 is 10.6 Å². The van der Waals surface area contributed by atoms with Crippen LogP contribution in [0.1, 0.15) is 25.8 Å². The molecule has 2 N–H and O–H groups in total. The molecule has 148 valence electrons. The van der Waals surface area contributed by atoms with Gasteiger partial charge in [-0.1, -0.05) is 19.1 Å². The van der Waals surface area contributed by atoms with Crippen molar-refractivity contribution in [1.82, 2.24) is 0 Å². The summed E-state index contributed by atoms with van der Waals surface area (Å²) >= 11 is 1.39. The second-order valence-corrected chi connectivity index (χ2v) is 10.1. The zero-order chi connectivity index (χ0) is 20.3. The first-order chi connectivity index (χ1) is 13.3. The number of anilines is 2. The number of hydrogen-bond donors (Lipinski definition) is 2. The Morgan fingerprint density at radius 1 is 1.21 bits per heavy atom. The molecule has 0 fully saturated rings. The number of carbonyl (C=O) groups excluding carboxylic acids is 2. The average molecular weight is 419 g/mol. The number of aryl methyl sites for hydroxylation is 1. The quantitative estimate of drug-likeness (QED) is 0.749. The fraction of sp³-hybridized carbons (Fsp3) is 0.300. The molecule has 2 amide bonds. The zero-order valence-corrected chi connectivity index (χ0v) is 17.3. The van der Waals surface area contributed by atoms with Crippen LogP contribution in [-0.4, -0.2) is 31.2 Å². The molecule has 3 rings (SSSR count). The molecule has 6 nitrogen and oxygen atoms in total. The molecule has 0 unspecified atom stereocenters. The molecule has 0 radical (unpaired) electrons. The van der Waals surface area contributed by atoms with Crippen LogP contribution >= 0.6 is 11.8 Å². The molecule has 1 aliphatic heterocycles. The van der Waals surface area contributed by atoms with Gasteiger partial charge in [-0.3, -0.25) is 9.59 Å². The van der Waals surface area contributed by atoms with E-state index in [2.05, 4.69) is 10.6 Å². The fourth-order valence-corrected chi connectivity index (χ4v) is 5.01. The van der Waals surface area contributed by atoms with Gasteiger partial charge in [-0.25, -0.2) is 8.42 Å². The highest BCUT2D eigenvalue weighted by Gasteiger charge is 2.25. The molecule has 28 heavy (non-hydrogen) atoms. The van der Waals surface area contributed by atoms with Gasteiger partial charge in [0.25, 0.3) is 0 Å². The fourth-order valence-electron chi connectivity index (χ4n) is 2.82. The molecule has 0 aromatic heterocycles. The number of carbonyl (C=O) groups is 2. The minimum Gasteiger partial charge on any atom is -0.326 e. The van der Waals surface area contributed by atoms with E-state index >= 15 is 0 Å². The van der Waals surface area contributed by atoms with Crippen LogP contribution in [0.2, 0.25) is 0 Å². The van der Waals surface area contributed by atoms with E-state index in [9.17, 15) is 18.0 Å². The van der Waals surface area contributed by atoms with Gasteiger partial charge in [-0.2, -0.15) is 0 Å². The molecular weight excluding hydrogens is 396 g/mol. The van der Waals surface area contributed by atoms with Crippen molar-refractivity contribution in [2.24, 2.45) is 0 Å². The van der Waals surface area contributed by atoms with Gasteiger partial charge in [0.15, 0.2) is 9.84 Å². The first-order valence-electron chi connectivity index (χ1n) is 9.01. The van der Waals surface area contributed by atoms with Gasteiger partial charge in [-0.15, -0.1) is 11.8 Å². The van der Waals surface area contributed by atoms with Crippen molar-refractivity contribution in [3.05, 3.63) is 48.0 Å². The number of sulfone groups is 1. The number of rotatable bonds is 6. The molecule has 0 saturated carbocycles. The summed E-state index contributed by atoms with van der Waals surface area (Å²) < 4.78 is 25.2. The van der Waals surface area contributed by atoms with Crippen molar-refractivity contribution in [2.75, 3.05) is 16.4 Å². The molecule has 2 aromatic rings. The Bertz CT molecular complexity index is 1020. The lowest BCUT2D eigenvalue weighted by molar-refractivity contribution is -0.116. The van der Waals surface area contributed by atoms with E-state index in [1.54, 1.807) is 19.1 Å². The Balaban J connectivity index is 1.66. The average Bonchev–Trinajstić information content (AvgIpc) is 2.67. The Morgan fingerprint density at radius 2 is 2.00 bits per heavy atom. The lowest BCUT2D eigenvalue weighted by Crippen LogP contribution is -2.26. The SMILES string of the molecule is CCc1cccc(NC(=O)CCS(=O)(=O)c2ccc3c(c2)NC(=O)[C@H](C)S3)c1. The molecule has 1 aliphatic rings. The van der Waals surface area contributed by atoms with E-state index in [1.807, 2.05) is 25.1 Å². The summed E-state index contributed by atoms with van der Waals surface area (Å²) in [6.07, 6.45) is 0.706. The van der Waals surface area contributed by atoms with E-state index in [4.69, 9.17) is 0 Å². The molecular formula is C20H22N2O4S2. The van der Waals surface area contributed by atoms with Crippen molar-refractivity contribution in [3.8, 4) is 0 Å². The summed E-state index contributed by atoms with van der Waals surface area (Å²) in [5.41, 5.74) is 2.24. The molecule has 1 heterocycles. The van der Waals surface area contributed by atoms with E-state index in [1.165, 1.54) is 23.9 Å². The smallest absolute Gasteiger partial charge is 0.237 e. The molecule has 8 heteroatoms. The lowest BCUT2D eigenvalue weighted by Gasteiger charge is -2.21. The van der Waals surface area contributed by atoms with Gasteiger partial charge in [-0.05, 0) is 49.2 Å². The van der Waals surface area contributed by atoms with Crippen LogP contribution in [-0.2, 0) is 25.8 Å². The summed E-state index contributed by atoms with van der Waals surface area (Å²) in [5, 5.41) is 5.25. The number of amides is 2. The summed E-state index contributed by atoms with van der Waals surface area (Å²) in [7, 11) is -3.65. The van der Waals surface area contributed by atoms with E-state index < -0.39 is 9.84 Å². The minimum absolute atomic E-state index is 0.0995. The topological polar surface area (TPSA) is 92.3 Å². The standard InChI is InChI=1S/C20H22N2O4S2/c1-3-14-5-4-6-15(11-14)21-19(23)9-10-28(25,26)16-7-8-18-17(12-16)22-20(24)13(2)27-18/h4-8,11-13H,3,9-10H2,1-2H3,(H,21,23)(H,22,24)/t13-/m0/s1. The highest BCUT2D eigenvalue weighted by molar-refractivity contribution is 8.01. The molecule has 2 aromatic carbocycles. The second kappa shape index (κ2) is 8.36. The highest BCUT2D eigenvalue weighted by atomic mass is 32.2. The van der Waals surface area contributed by atoms with Crippen LogP contribution in [0.25, 0.3) is 0 Å². The molecule has 0 bridgehead atoms. The predicted molar refractivity (Wildman–Crippen MR) is 112 cm³/mol. The number of benzene rings is 2. The molecule has 1 atom stereocenters. The predicted octanol–water partition coefficient (Wildman–Crippen LogP) is 3.48. The van der Waals surface area contributed by atoms with Gasteiger partial charge in [0, 0.05) is 17.0 Å². The van der Waals surface area contributed by atoms with Crippen molar-refractivity contribution in [3.63, 3.8) is 0 Å². The summed E-state index contributed by atoms with van der Waals surface area (Å²) in [5.74, 6) is -0.809. The van der Waals surface area contributed by atoms with Gasteiger partial charge in [0.05, 0.1) is 21.6 Å². The van der Waals surface area contributed by atoms with E-state index in [-0.39, 0.29) is 34.1 Å². The Hall–Kier alpha value is -2.32. The van der Waals surface area contributed by atoms with Crippen LogP contribution in [0, 0.1) is 0 Å². The second-order valence-electron chi connectivity index (χ2n) is 6.58. The maximum absolute atomic E-state index is 12.6. The monoisotopic (exact) mass is 418 g/mol. The van der Waals surface area contributed by atoms with Crippen molar-refractivity contribution >= 4 is 44.8 Å². The minimum atomic E-state index is -3.65. The van der Waals surface area contributed by atoms with Gasteiger partial charge in [0.2, 0.25) is 11.8 Å². The summed E-state index contributed by atoms with van der Waals surface area (Å²) in [6, 6.07) is 12.1. The van der Waals surface area contributed by atoms with Crippen molar-refractivity contribution < 1.29 is 18.0 Å². The summed E-state index contributed by atoms with van der Waals surface area (Å²) in [6.45, 7) is 3.82. The third-order valence-electron chi connectivity index (χ3n) is 4.46. The number of nitrogens with one attached hydrogen (secondary N) is 2. The van der Waals surface area contributed by atoms with E-state index in [0.29, 0.717) is 11.4 Å². The molecule has 0 spiro atoms. The number of hydrogen-bond acceptors (Lipinski definition) is 5. The Labute approximate surface area is 169 Å². The third kappa shape index (κ3) is 4.74. The number of thioether (sulfide) groups is 1. The van der Waals surface area contributed by atoms with Crippen molar-refractivity contribution in [1.29, 1.82) is 0 Å². The van der Waals surface area contributed by atoms with Crippen LogP contribution in [0.4, 0.5) is 11.4 Å². The first-order valence-corrected chi connectivity index (χ1v) is 11.5. The largest absolute Gasteiger partial charge is 0.326 e. The third-order valence-corrected chi connectivity index (χ3v) is 7.35. The molecule has 0 aliphatic carbocycles. The van der Waals surface area contributed by atoms with Crippen LogP contribution in [0.3, 0.4) is 0 Å². The maximum Gasteiger partial charge on any atom is 0.237 e. The van der Waals surface area contributed by atoms with Crippen LogP contribution in [0.5, 0.6) is 0 Å². The van der Waals surface area contributed by atoms with Crippen LogP contribution in [0.15, 0.2) is 52.3 Å². The van der Waals surface area contributed by atoms with Gasteiger partial charge < -0.3 is 10.6 Å². The number of fused-ring (bicyclic) bond motifs is 1.